The second-order valence-corrected chi connectivity index (χ2v) is 5.18. The first-order valence-electron chi connectivity index (χ1n) is 7.47. The molecule has 2 aromatic heterocycles. The smallest absolute Gasteiger partial charge is 0.127 e. The molecule has 0 aliphatic heterocycles. The monoisotopic (exact) mass is 269 g/mol. The van der Waals surface area contributed by atoms with Gasteiger partial charge < -0.3 is 4.42 Å². The van der Waals surface area contributed by atoms with Crippen LogP contribution in [0, 0.1) is 6.92 Å². The number of hydrogen-bond donors (Lipinski definition) is 0. The minimum absolute atomic E-state index is 0.913. The van der Waals surface area contributed by atoms with Crippen molar-refractivity contribution in [3.05, 3.63) is 53.2 Å². The molecular formula is C18H23NO. The van der Waals surface area contributed by atoms with Crippen molar-refractivity contribution in [1.29, 1.82) is 0 Å². The SMILES string of the molecule is CCCCCCc1ccc(/C=C/c2ccc(C)nc2)o1. The lowest BCUT2D eigenvalue weighted by atomic mass is 10.1. The Hall–Kier alpha value is -1.83. The third kappa shape index (κ3) is 4.69. The van der Waals surface area contributed by atoms with Gasteiger partial charge in [0.25, 0.3) is 0 Å². The molecule has 20 heavy (non-hydrogen) atoms. The van der Waals surface area contributed by atoms with Crippen LogP contribution in [0.5, 0.6) is 0 Å². The highest BCUT2D eigenvalue weighted by molar-refractivity contribution is 5.66. The maximum Gasteiger partial charge on any atom is 0.127 e. The van der Waals surface area contributed by atoms with Crippen LogP contribution < -0.4 is 0 Å². The zero-order chi connectivity index (χ0) is 14.2. The number of aromatic nitrogens is 1. The number of unbranched alkanes of at least 4 members (excludes halogenated alkanes) is 3. The molecule has 0 bridgehead atoms. The molecule has 0 spiro atoms. The summed E-state index contributed by atoms with van der Waals surface area (Å²) in [5.41, 5.74) is 2.13. The molecule has 0 aliphatic rings. The lowest BCUT2D eigenvalue weighted by molar-refractivity contribution is 0.488. The van der Waals surface area contributed by atoms with E-state index < -0.39 is 0 Å². The Bertz CT molecular complexity index is 537. The van der Waals surface area contributed by atoms with Crippen LogP contribution in [0.4, 0.5) is 0 Å². The number of pyridine rings is 1. The Balaban J connectivity index is 1.87. The summed E-state index contributed by atoms with van der Waals surface area (Å²) in [4.78, 5) is 4.27. The zero-order valence-corrected chi connectivity index (χ0v) is 12.4. The maximum atomic E-state index is 5.80. The predicted molar refractivity (Wildman–Crippen MR) is 84.5 cm³/mol. The van der Waals surface area contributed by atoms with Gasteiger partial charge >= 0.3 is 0 Å². The highest BCUT2D eigenvalue weighted by atomic mass is 16.3. The van der Waals surface area contributed by atoms with Crippen LogP contribution >= 0.6 is 0 Å². The van der Waals surface area contributed by atoms with E-state index >= 15 is 0 Å². The van der Waals surface area contributed by atoms with Gasteiger partial charge in [-0.1, -0.05) is 32.3 Å². The van der Waals surface area contributed by atoms with Gasteiger partial charge in [0.05, 0.1) is 0 Å². The Morgan fingerprint density at radius 3 is 2.70 bits per heavy atom. The van der Waals surface area contributed by atoms with Gasteiger partial charge in [0.1, 0.15) is 11.5 Å². The second-order valence-electron chi connectivity index (χ2n) is 5.18. The van der Waals surface area contributed by atoms with Gasteiger partial charge in [-0.05, 0) is 49.3 Å². The quantitative estimate of drug-likeness (QED) is 0.639. The van der Waals surface area contributed by atoms with E-state index in [1.165, 1.54) is 25.7 Å². The molecule has 0 atom stereocenters. The number of rotatable bonds is 7. The first-order valence-corrected chi connectivity index (χ1v) is 7.47. The summed E-state index contributed by atoms with van der Waals surface area (Å²) in [6.45, 7) is 4.22. The van der Waals surface area contributed by atoms with E-state index in [1.54, 1.807) is 0 Å². The fourth-order valence-electron chi connectivity index (χ4n) is 2.10. The van der Waals surface area contributed by atoms with Crippen molar-refractivity contribution in [2.24, 2.45) is 0 Å². The van der Waals surface area contributed by atoms with Gasteiger partial charge in [0.2, 0.25) is 0 Å². The summed E-state index contributed by atoms with van der Waals surface area (Å²) >= 11 is 0. The maximum absolute atomic E-state index is 5.80. The molecule has 0 saturated carbocycles. The molecular weight excluding hydrogens is 246 g/mol. The molecule has 2 rings (SSSR count). The van der Waals surface area contributed by atoms with Crippen LogP contribution in [0.1, 0.15) is 55.4 Å². The standard InChI is InChI=1S/C18H23NO/c1-3-4-5-6-7-17-12-13-18(20-17)11-10-16-9-8-15(2)19-14-16/h8-14H,3-7H2,1-2H3/b11-10+. The summed E-state index contributed by atoms with van der Waals surface area (Å²) in [5, 5.41) is 0. The third-order valence-electron chi connectivity index (χ3n) is 3.33. The molecule has 106 valence electrons. The van der Waals surface area contributed by atoms with E-state index in [4.69, 9.17) is 4.42 Å². The van der Waals surface area contributed by atoms with E-state index in [0.29, 0.717) is 0 Å². The normalized spacial score (nSPS) is 11.3. The van der Waals surface area contributed by atoms with E-state index in [0.717, 1.165) is 29.2 Å². The van der Waals surface area contributed by atoms with E-state index in [-0.39, 0.29) is 0 Å². The van der Waals surface area contributed by atoms with Gasteiger partial charge in [-0.25, -0.2) is 0 Å². The molecule has 2 heteroatoms. The molecule has 2 aromatic rings. The molecule has 2 heterocycles. The molecule has 0 unspecified atom stereocenters. The Labute approximate surface area is 121 Å². The number of furan rings is 1. The van der Waals surface area contributed by atoms with Crippen molar-refractivity contribution in [3.8, 4) is 0 Å². The molecule has 0 amide bonds. The lowest BCUT2D eigenvalue weighted by Gasteiger charge is -1.96. The van der Waals surface area contributed by atoms with Gasteiger partial charge in [-0.3, -0.25) is 4.98 Å². The number of hydrogen-bond acceptors (Lipinski definition) is 2. The van der Waals surface area contributed by atoms with Crippen LogP contribution in [0.15, 0.2) is 34.9 Å². The minimum Gasteiger partial charge on any atom is -0.462 e. The van der Waals surface area contributed by atoms with Gasteiger partial charge in [0.15, 0.2) is 0 Å². The van der Waals surface area contributed by atoms with Crippen LogP contribution in [-0.4, -0.2) is 4.98 Å². The Morgan fingerprint density at radius 2 is 1.95 bits per heavy atom. The highest BCUT2D eigenvalue weighted by Gasteiger charge is 1.99. The van der Waals surface area contributed by atoms with Crippen LogP contribution in [0.25, 0.3) is 12.2 Å². The molecule has 2 nitrogen and oxygen atoms in total. The summed E-state index contributed by atoms with van der Waals surface area (Å²) in [6, 6.07) is 8.20. The van der Waals surface area contributed by atoms with Crippen molar-refractivity contribution >= 4 is 12.2 Å². The molecule has 0 fully saturated rings. The molecule has 0 radical (unpaired) electrons. The fourth-order valence-corrected chi connectivity index (χ4v) is 2.10. The van der Waals surface area contributed by atoms with Crippen molar-refractivity contribution < 1.29 is 4.42 Å². The third-order valence-corrected chi connectivity index (χ3v) is 3.33. The van der Waals surface area contributed by atoms with Crippen molar-refractivity contribution in [2.45, 2.75) is 46.0 Å². The van der Waals surface area contributed by atoms with E-state index in [9.17, 15) is 0 Å². The number of nitrogens with zero attached hydrogens (tertiary/aromatic N) is 1. The number of aryl methyl sites for hydroxylation is 2. The molecule has 0 saturated heterocycles. The highest BCUT2D eigenvalue weighted by Crippen LogP contribution is 2.15. The predicted octanol–water partition coefficient (Wildman–Crippen LogP) is 5.28. The second kappa shape index (κ2) is 7.68. The average molecular weight is 269 g/mol. The van der Waals surface area contributed by atoms with Crippen molar-refractivity contribution in [3.63, 3.8) is 0 Å². The van der Waals surface area contributed by atoms with Crippen molar-refractivity contribution in [1.82, 2.24) is 4.98 Å². The lowest BCUT2D eigenvalue weighted by Crippen LogP contribution is -1.82. The summed E-state index contributed by atoms with van der Waals surface area (Å²) in [6.07, 6.45) is 12.0. The van der Waals surface area contributed by atoms with Crippen LogP contribution in [-0.2, 0) is 6.42 Å². The Morgan fingerprint density at radius 1 is 1.05 bits per heavy atom. The van der Waals surface area contributed by atoms with E-state index in [2.05, 4.69) is 24.0 Å². The first-order chi connectivity index (χ1) is 9.78. The Kier molecular flexibility index (Phi) is 5.60. The van der Waals surface area contributed by atoms with Crippen LogP contribution in [0.3, 0.4) is 0 Å². The zero-order valence-electron chi connectivity index (χ0n) is 12.4. The minimum atomic E-state index is 0.913. The average Bonchev–Trinajstić information content (AvgIpc) is 2.91. The van der Waals surface area contributed by atoms with Crippen molar-refractivity contribution in [2.75, 3.05) is 0 Å². The summed E-state index contributed by atoms with van der Waals surface area (Å²) in [5.74, 6) is 2.00. The van der Waals surface area contributed by atoms with Crippen LogP contribution in [0.2, 0.25) is 0 Å². The summed E-state index contributed by atoms with van der Waals surface area (Å²) < 4.78 is 5.80. The van der Waals surface area contributed by atoms with Gasteiger partial charge in [0, 0.05) is 18.3 Å². The molecule has 0 aliphatic carbocycles. The largest absolute Gasteiger partial charge is 0.462 e. The van der Waals surface area contributed by atoms with Gasteiger partial charge in [-0.15, -0.1) is 0 Å². The topological polar surface area (TPSA) is 26.0 Å². The molecule has 0 N–H and O–H groups in total. The first kappa shape index (κ1) is 14.6. The fraction of sp³-hybridized carbons (Fsp3) is 0.389. The van der Waals surface area contributed by atoms with Gasteiger partial charge in [-0.2, -0.15) is 0 Å². The van der Waals surface area contributed by atoms with E-state index in [1.807, 2.05) is 37.4 Å². The summed E-state index contributed by atoms with van der Waals surface area (Å²) in [7, 11) is 0. The molecule has 0 aromatic carbocycles.